The molecule has 0 saturated heterocycles. The molecule has 0 bridgehead atoms. The molecule has 1 aliphatic carbocycles. The van der Waals surface area contributed by atoms with E-state index >= 15 is 0 Å². The van der Waals surface area contributed by atoms with Crippen molar-refractivity contribution < 1.29 is 14.0 Å². The molecule has 0 spiro atoms. The van der Waals surface area contributed by atoms with Crippen molar-refractivity contribution in [1.82, 2.24) is 5.32 Å². The molecule has 0 atom stereocenters. The molecule has 0 radical (unpaired) electrons. The molecular weight excluding hydrogens is 316 g/mol. The molecule has 5 heteroatoms. The highest BCUT2D eigenvalue weighted by molar-refractivity contribution is 6.03. The molecule has 1 heterocycles. The van der Waals surface area contributed by atoms with Gasteiger partial charge in [-0.3, -0.25) is 9.59 Å². The summed E-state index contributed by atoms with van der Waals surface area (Å²) in [5, 5.41) is 5.92. The van der Waals surface area contributed by atoms with Crippen molar-refractivity contribution in [3.8, 4) is 0 Å². The zero-order valence-electron chi connectivity index (χ0n) is 14.7. The summed E-state index contributed by atoms with van der Waals surface area (Å²) in [5.74, 6) is 0.571. The van der Waals surface area contributed by atoms with Crippen LogP contribution >= 0.6 is 0 Å². The van der Waals surface area contributed by atoms with E-state index < -0.39 is 0 Å². The molecule has 3 rings (SSSR count). The molecule has 132 valence electrons. The van der Waals surface area contributed by atoms with Gasteiger partial charge in [0.2, 0.25) is 0 Å². The van der Waals surface area contributed by atoms with E-state index in [1.807, 2.05) is 13.0 Å². The average Bonchev–Trinajstić information content (AvgIpc) is 3.13. The molecule has 2 N–H and O–H groups in total. The summed E-state index contributed by atoms with van der Waals surface area (Å²) < 4.78 is 5.10. The van der Waals surface area contributed by atoms with Crippen LogP contribution in [0.3, 0.4) is 0 Å². The summed E-state index contributed by atoms with van der Waals surface area (Å²) >= 11 is 0. The number of aryl methyl sites for hydroxylation is 1. The van der Waals surface area contributed by atoms with Gasteiger partial charge in [0.15, 0.2) is 5.76 Å². The summed E-state index contributed by atoms with van der Waals surface area (Å²) in [6.45, 7) is 4.15. The van der Waals surface area contributed by atoms with Crippen LogP contribution in [0.1, 0.15) is 59.1 Å². The van der Waals surface area contributed by atoms with Gasteiger partial charge in [-0.1, -0.05) is 13.0 Å². The van der Waals surface area contributed by atoms with E-state index in [-0.39, 0.29) is 23.6 Å². The second-order valence-corrected chi connectivity index (χ2v) is 6.89. The van der Waals surface area contributed by atoms with E-state index in [2.05, 4.69) is 17.6 Å². The number of carbonyl (C=O) groups is 2. The number of carbonyl (C=O) groups excluding carboxylic acids is 2. The Morgan fingerprint density at radius 2 is 1.84 bits per heavy atom. The van der Waals surface area contributed by atoms with E-state index in [0.717, 1.165) is 37.2 Å². The first kappa shape index (κ1) is 17.3. The lowest BCUT2D eigenvalue weighted by Crippen LogP contribution is -2.37. The predicted octanol–water partition coefficient (Wildman–Crippen LogP) is 4.15. The number of hydrogen-bond donors (Lipinski definition) is 2. The van der Waals surface area contributed by atoms with Gasteiger partial charge in [0.1, 0.15) is 0 Å². The summed E-state index contributed by atoms with van der Waals surface area (Å²) in [5.41, 5.74) is 2.06. The third kappa shape index (κ3) is 4.29. The fourth-order valence-corrected chi connectivity index (χ4v) is 3.16. The van der Waals surface area contributed by atoms with Crippen molar-refractivity contribution >= 4 is 17.5 Å². The summed E-state index contributed by atoms with van der Waals surface area (Å²) in [4.78, 5) is 24.7. The van der Waals surface area contributed by atoms with Gasteiger partial charge in [-0.25, -0.2) is 0 Å². The Kier molecular flexibility index (Phi) is 5.22. The van der Waals surface area contributed by atoms with Crippen LogP contribution in [0.2, 0.25) is 0 Å². The lowest BCUT2D eigenvalue weighted by Gasteiger charge is -2.27. The SMILES string of the molecule is Cc1ccc(C(=O)NC2CCC(C)CC2)cc1NC(=O)c1ccco1. The number of anilines is 1. The minimum absolute atomic E-state index is 0.0898. The first-order valence-corrected chi connectivity index (χ1v) is 8.79. The predicted molar refractivity (Wildman–Crippen MR) is 96.7 cm³/mol. The van der Waals surface area contributed by atoms with E-state index in [4.69, 9.17) is 4.42 Å². The maximum absolute atomic E-state index is 12.5. The number of hydrogen-bond acceptors (Lipinski definition) is 3. The van der Waals surface area contributed by atoms with Crippen LogP contribution in [0.25, 0.3) is 0 Å². The number of furan rings is 1. The largest absolute Gasteiger partial charge is 0.459 e. The van der Waals surface area contributed by atoms with Crippen LogP contribution in [-0.2, 0) is 0 Å². The zero-order valence-corrected chi connectivity index (χ0v) is 14.7. The number of benzene rings is 1. The van der Waals surface area contributed by atoms with Crippen molar-refractivity contribution in [2.24, 2.45) is 5.92 Å². The summed E-state index contributed by atoms with van der Waals surface area (Å²) in [7, 11) is 0. The van der Waals surface area contributed by atoms with Crippen LogP contribution in [0.4, 0.5) is 5.69 Å². The van der Waals surface area contributed by atoms with Gasteiger partial charge in [-0.2, -0.15) is 0 Å². The summed E-state index contributed by atoms with van der Waals surface area (Å²) in [6.07, 6.45) is 5.82. The topological polar surface area (TPSA) is 71.3 Å². The molecule has 1 aromatic carbocycles. The van der Waals surface area contributed by atoms with Gasteiger partial charge in [0.25, 0.3) is 11.8 Å². The van der Waals surface area contributed by atoms with Gasteiger partial charge < -0.3 is 15.1 Å². The Morgan fingerprint density at radius 3 is 2.52 bits per heavy atom. The van der Waals surface area contributed by atoms with Gasteiger partial charge >= 0.3 is 0 Å². The van der Waals surface area contributed by atoms with Gasteiger partial charge in [0, 0.05) is 17.3 Å². The van der Waals surface area contributed by atoms with Crippen LogP contribution in [0.15, 0.2) is 41.0 Å². The Bertz CT molecular complexity index is 744. The molecule has 1 fully saturated rings. The molecule has 0 aliphatic heterocycles. The van der Waals surface area contributed by atoms with Gasteiger partial charge in [0.05, 0.1) is 6.26 Å². The zero-order chi connectivity index (χ0) is 17.8. The van der Waals surface area contributed by atoms with Gasteiger partial charge in [-0.05, 0) is 68.4 Å². The maximum Gasteiger partial charge on any atom is 0.291 e. The molecule has 1 saturated carbocycles. The molecule has 25 heavy (non-hydrogen) atoms. The first-order valence-electron chi connectivity index (χ1n) is 8.79. The normalized spacial score (nSPS) is 20.1. The fourth-order valence-electron chi connectivity index (χ4n) is 3.16. The van der Waals surface area contributed by atoms with Crippen LogP contribution in [0.5, 0.6) is 0 Å². The Labute approximate surface area is 147 Å². The standard InChI is InChI=1S/C20H24N2O3/c1-13-5-9-16(10-6-13)21-19(23)15-8-7-14(2)17(12-15)22-20(24)18-4-3-11-25-18/h3-4,7-8,11-13,16H,5-6,9-10H2,1-2H3,(H,21,23)(H,22,24). The molecule has 1 aromatic heterocycles. The number of amides is 2. The van der Waals surface area contributed by atoms with E-state index in [9.17, 15) is 9.59 Å². The quantitative estimate of drug-likeness (QED) is 0.878. The van der Waals surface area contributed by atoms with Gasteiger partial charge in [-0.15, -0.1) is 0 Å². The lowest BCUT2D eigenvalue weighted by molar-refractivity contribution is 0.0921. The molecule has 2 amide bonds. The first-order chi connectivity index (χ1) is 12.0. The highest BCUT2D eigenvalue weighted by atomic mass is 16.3. The molecule has 1 aliphatic rings. The Balaban J connectivity index is 1.68. The van der Waals surface area contributed by atoms with E-state index in [1.165, 1.54) is 6.26 Å². The summed E-state index contributed by atoms with van der Waals surface area (Å²) in [6, 6.07) is 8.86. The molecule has 0 unspecified atom stereocenters. The molecule has 5 nitrogen and oxygen atoms in total. The Hall–Kier alpha value is -2.56. The lowest BCUT2D eigenvalue weighted by atomic mass is 9.87. The second kappa shape index (κ2) is 7.55. The van der Waals surface area contributed by atoms with Crippen molar-refractivity contribution in [2.45, 2.75) is 45.6 Å². The Morgan fingerprint density at radius 1 is 1.08 bits per heavy atom. The third-order valence-electron chi connectivity index (χ3n) is 4.84. The minimum atomic E-state index is -0.327. The van der Waals surface area contributed by atoms with E-state index in [0.29, 0.717) is 11.3 Å². The average molecular weight is 340 g/mol. The second-order valence-electron chi connectivity index (χ2n) is 6.89. The van der Waals surface area contributed by atoms with Crippen molar-refractivity contribution in [3.63, 3.8) is 0 Å². The van der Waals surface area contributed by atoms with Crippen LogP contribution in [-0.4, -0.2) is 17.9 Å². The highest BCUT2D eigenvalue weighted by Crippen LogP contribution is 2.24. The third-order valence-corrected chi connectivity index (χ3v) is 4.84. The molecule has 2 aromatic rings. The van der Waals surface area contributed by atoms with Crippen molar-refractivity contribution in [1.29, 1.82) is 0 Å². The van der Waals surface area contributed by atoms with Crippen LogP contribution < -0.4 is 10.6 Å². The number of rotatable bonds is 4. The van der Waals surface area contributed by atoms with Crippen LogP contribution in [0, 0.1) is 12.8 Å². The van der Waals surface area contributed by atoms with E-state index in [1.54, 1.807) is 24.3 Å². The fraction of sp³-hybridized carbons (Fsp3) is 0.400. The smallest absolute Gasteiger partial charge is 0.291 e. The number of nitrogens with one attached hydrogen (secondary N) is 2. The minimum Gasteiger partial charge on any atom is -0.459 e. The maximum atomic E-state index is 12.5. The molecular formula is C20H24N2O3. The van der Waals surface area contributed by atoms with Crippen molar-refractivity contribution in [2.75, 3.05) is 5.32 Å². The van der Waals surface area contributed by atoms with Crippen molar-refractivity contribution in [3.05, 3.63) is 53.5 Å². The highest BCUT2D eigenvalue weighted by Gasteiger charge is 2.21. The monoisotopic (exact) mass is 340 g/mol.